The van der Waals surface area contributed by atoms with Crippen LogP contribution in [0.2, 0.25) is 0 Å². The van der Waals surface area contributed by atoms with Crippen molar-refractivity contribution in [3.63, 3.8) is 0 Å². The van der Waals surface area contributed by atoms with Crippen molar-refractivity contribution in [3.05, 3.63) is 36.2 Å². The predicted molar refractivity (Wildman–Crippen MR) is 116 cm³/mol. The van der Waals surface area contributed by atoms with Crippen molar-refractivity contribution < 1.29 is 14.8 Å². The van der Waals surface area contributed by atoms with Crippen molar-refractivity contribution in [2.24, 2.45) is 11.3 Å². The molecule has 8 nitrogen and oxygen atoms in total. The van der Waals surface area contributed by atoms with Gasteiger partial charge in [0.2, 0.25) is 11.8 Å². The number of amides is 2. The second-order valence-corrected chi connectivity index (χ2v) is 9.14. The third kappa shape index (κ3) is 3.64. The van der Waals surface area contributed by atoms with Crippen LogP contribution in [0.4, 0.5) is 0 Å². The summed E-state index contributed by atoms with van der Waals surface area (Å²) in [7, 11) is 0. The number of carbonyl (C=O) groups is 2. The van der Waals surface area contributed by atoms with Crippen LogP contribution in [0.25, 0.3) is 16.6 Å². The number of piperidine rings is 1. The van der Waals surface area contributed by atoms with Crippen molar-refractivity contribution in [1.82, 2.24) is 25.2 Å². The summed E-state index contributed by atoms with van der Waals surface area (Å²) in [4.78, 5) is 31.8. The lowest BCUT2D eigenvalue weighted by Gasteiger charge is -2.38. The van der Waals surface area contributed by atoms with Crippen LogP contribution >= 0.6 is 0 Å². The van der Waals surface area contributed by atoms with Crippen molar-refractivity contribution >= 4 is 28.4 Å². The quantitative estimate of drug-likeness (QED) is 0.516. The molecule has 1 spiro atoms. The Kier molecular flexibility index (Phi) is 5.06. The van der Waals surface area contributed by atoms with E-state index in [0.29, 0.717) is 19.5 Å². The van der Waals surface area contributed by atoms with Crippen molar-refractivity contribution in [2.45, 2.75) is 45.2 Å². The van der Waals surface area contributed by atoms with Gasteiger partial charge >= 0.3 is 0 Å². The maximum absolute atomic E-state index is 13.2. The van der Waals surface area contributed by atoms with Gasteiger partial charge in [-0.15, -0.1) is 0 Å². The van der Waals surface area contributed by atoms with Crippen LogP contribution in [0.15, 0.2) is 30.6 Å². The Balaban J connectivity index is 1.31. The number of hydrogen-bond donors (Lipinski definition) is 3. The van der Waals surface area contributed by atoms with Gasteiger partial charge in [0, 0.05) is 26.2 Å². The van der Waals surface area contributed by atoms with Crippen molar-refractivity contribution in [2.75, 3.05) is 19.6 Å². The lowest BCUT2D eigenvalue weighted by Crippen LogP contribution is -2.59. The standard InChI is InChI=1S/C23H29N5O3/c1-2-27-14-25-18-4-3-16(11-19(18)27)15-5-9-28(10-6-15)22(30)20-17(21(29)26-31)12-23(7-8-23)13-24-20/h3-5,11,14,17,20,24,31H,2,6-10,12-13H2,1H3,(H,26,29). The first kappa shape index (κ1) is 20.2. The Hall–Kier alpha value is -2.71. The number of imidazole rings is 1. The molecule has 3 heterocycles. The van der Waals surface area contributed by atoms with E-state index in [1.54, 1.807) is 5.48 Å². The third-order valence-corrected chi connectivity index (χ3v) is 7.28. The number of aromatic nitrogens is 2. The molecule has 1 saturated heterocycles. The molecule has 2 unspecified atom stereocenters. The van der Waals surface area contributed by atoms with Gasteiger partial charge in [0.15, 0.2) is 0 Å². The van der Waals surface area contributed by atoms with Gasteiger partial charge in [0.1, 0.15) is 0 Å². The molecular weight excluding hydrogens is 394 g/mol. The van der Waals surface area contributed by atoms with Crippen LogP contribution in [-0.4, -0.2) is 57.1 Å². The Morgan fingerprint density at radius 1 is 1.35 bits per heavy atom. The first-order valence-electron chi connectivity index (χ1n) is 11.1. The fourth-order valence-corrected chi connectivity index (χ4v) is 5.11. The molecule has 3 aliphatic rings. The lowest BCUT2D eigenvalue weighted by atomic mass is 9.81. The van der Waals surface area contributed by atoms with Gasteiger partial charge in [-0.1, -0.05) is 12.1 Å². The molecule has 5 rings (SSSR count). The minimum absolute atomic E-state index is 0.0566. The third-order valence-electron chi connectivity index (χ3n) is 7.28. The maximum atomic E-state index is 13.2. The number of nitrogens with one attached hydrogen (secondary N) is 2. The zero-order valence-corrected chi connectivity index (χ0v) is 17.8. The molecule has 164 valence electrons. The van der Waals surface area contributed by atoms with Gasteiger partial charge in [-0.2, -0.15) is 0 Å². The zero-order chi connectivity index (χ0) is 21.6. The summed E-state index contributed by atoms with van der Waals surface area (Å²) >= 11 is 0. The predicted octanol–water partition coefficient (Wildman–Crippen LogP) is 1.94. The van der Waals surface area contributed by atoms with Crippen LogP contribution in [-0.2, 0) is 16.1 Å². The minimum Gasteiger partial charge on any atom is -0.337 e. The Labute approximate surface area is 181 Å². The van der Waals surface area contributed by atoms with Gasteiger partial charge in [-0.25, -0.2) is 10.5 Å². The molecule has 1 aliphatic carbocycles. The van der Waals surface area contributed by atoms with E-state index in [4.69, 9.17) is 0 Å². The first-order chi connectivity index (χ1) is 15.0. The highest BCUT2D eigenvalue weighted by Gasteiger charge is 2.52. The van der Waals surface area contributed by atoms with Crippen molar-refractivity contribution in [3.8, 4) is 0 Å². The molecule has 1 aromatic heterocycles. The Morgan fingerprint density at radius 3 is 2.87 bits per heavy atom. The molecular formula is C23H29N5O3. The zero-order valence-electron chi connectivity index (χ0n) is 17.8. The topological polar surface area (TPSA) is 99.5 Å². The molecule has 2 atom stereocenters. The van der Waals surface area contributed by atoms with Gasteiger partial charge in [-0.3, -0.25) is 14.8 Å². The summed E-state index contributed by atoms with van der Waals surface area (Å²) in [5.41, 5.74) is 6.41. The number of carbonyl (C=O) groups excluding carboxylic acids is 2. The summed E-state index contributed by atoms with van der Waals surface area (Å²) in [5, 5.41) is 12.5. The lowest BCUT2D eigenvalue weighted by molar-refractivity contribution is -0.144. The summed E-state index contributed by atoms with van der Waals surface area (Å²) in [6.45, 7) is 4.88. The first-order valence-corrected chi connectivity index (χ1v) is 11.1. The van der Waals surface area contributed by atoms with Gasteiger partial charge in [0.25, 0.3) is 0 Å². The number of rotatable bonds is 4. The van der Waals surface area contributed by atoms with Crippen LogP contribution in [0.3, 0.4) is 0 Å². The number of benzene rings is 1. The average molecular weight is 424 g/mol. The Morgan fingerprint density at radius 2 is 2.19 bits per heavy atom. The van der Waals surface area contributed by atoms with Crippen LogP contribution in [0.5, 0.6) is 0 Å². The average Bonchev–Trinajstić information content (AvgIpc) is 3.43. The molecule has 2 amide bonds. The van der Waals surface area contributed by atoms with E-state index in [1.165, 1.54) is 11.1 Å². The molecule has 1 saturated carbocycles. The molecule has 2 aliphatic heterocycles. The fourth-order valence-electron chi connectivity index (χ4n) is 5.11. The van der Waals surface area contributed by atoms with E-state index in [0.717, 1.165) is 43.4 Å². The Bertz CT molecular complexity index is 1050. The summed E-state index contributed by atoms with van der Waals surface area (Å²) in [5.74, 6) is -1.05. The van der Waals surface area contributed by atoms with Gasteiger partial charge in [0.05, 0.1) is 29.3 Å². The van der Waals surface area contributed by atoms with E-state index in [-0.39, 0.29) is 11.3 Å². The van der Waals surface area contributed by atoms with Crippen LogP contribution in [0, 0.1) is 11.3 Å². The molecule has 0 bridgehead atoms. The van der Waals surface area contributed by atoms with E-state index in [9.17, 15) is 14.8 Å². The molecule has 31 heavy (non-hydrogen) atoms. The largest absolute Gasteiger partial charge is 0.337 e. The van der Waals surface area contributed by atoms with Gasteiger partial charge < -0.3 is 14.8 Å². The number of fused-ring (bicyclic) bond motifs is 1. The van der Waals surface area contributed by atoms with E-state index < -0.39 is 17.9 Å². The number of aryl methyl sites for hydroxylation is 1. The minimum atomic E-state index is -0.580. The highest BCUT2D eigenvalue weighted by atomic mass is 16.5. The monoisotopic (exact) mass is 423 g/mol. The normalized spacial score (nSPS) is 24.8. The van der Waals surface area contributed by atoms with Crippen LogP contribution in [0.1, 0.15) is 38.2 Å². The molecule has 2 aromatic rings. The summed E-state index contributed by atoms with van der Waals surface area (Å²) < 4.78 is 2.13. The molecule has 3 N–H and O–H groups in total. The van der Waals surface area contributed by atoms with Crippen LogP contribution < -0.4 is 10.8 Å². The number of nitrogens with zero attached hydrogens (tertiary/aromatic N) is 3. The smallest absolute Gasteiger partial charge is 0.248 e. The fraction of sp³-hybridized carbons (Fsp3) is 0.522. The number of hydrogen-bond acceptors (Lipinski definition) is 5. The highest BCUT2D eigenvalue weighted by Crippen LogP contribution is 2.52. The summed E-state index contributed by atoms with van der Waals surface area (Å²) in [6.07, 6.45) is 7.56. The molecule has 0 radical (unpaired) electrons. The van der Waals surface area contributed by atoms with E-state index in [2.05, 4.69) is 40.0 Å². The van der Waals surface area contributed by atoms with E-state index in [1.807, 2.05) is 17.3 Å². The molecule has 8 heteroatoms. The van der Waals surface area contributed by atoms with Crippen molar-refractivity contribution in [1.29, 1.82) is 0 Å². The van der Waals surface area contributed by atoms with Gasteiger partial charge in [-0.05, 0) is 61.3 Å². The molecule has 1 aromatic carbocycles. The summed E-state index contributed by atoms with van der Waals surface area (Å²) in [6, 6.07) is 5.74. The second kappa shape index (κ2) is 7.76. The number of hydroxylamine groups is 1. The SMILES string of the molecule is CCn1cnc2ccc(C3=CCN(C(=O)C4NCC5(CC5)CC4C(=O)NO)CC3)cc21. The van der Waals surface area contributed by atoms with E-state index >= 15 is 0 Å². The maximum Gasteiger partial charge on any atom is 0.248 e. The highest BCUT2D eigenvalue weighted by molar-refractivity contribution is 5.91. The molecule has 2 fully saturated rings. The second-order valence-electron chi connectivity index (χ2n) is 9.14.